The van der Waals surface area contributed by atoms with Gasteiger partial charge in [-0.05, 0) is 0 Å². The summed E-state index contributed by atoms with van der Waals surface area (Å²) in [5.41, 5.74) is -21.4. The highest BCUT2D eigenvalue weighted by molar-refractivity contribution is 6.12. The van der Waals surface area contributed by atoms with Gasteiger partial charge in [-0.25, -0.2) is 57.5 Å². The fourth-order valence-corrected chi connectivity index (χ4v) is 4.48. The smallest absolute Gasteiger partial charge is 0.232 e. The van der Waals surface area contributed by atoms with Gasteiger partial charge in [-0.3, -0.25) is 0 Å². The lowest BCUT2D eigenvalue weighted by atomic mass is 9.99. The summed E-state index contributed by atoms with van der Waals surface area (Å²) in [6, 6.07) is 4.41. The Labute approximate surface area is 257 Å². The molecule has 48 heavy (non-hydrogen) atoms. The minimum absolute atomic E-state index is 0.768. The highest BCUT2D eigenvalue weighted by atomic mass is 19.2. The van der Waals surface area contributed by atoms with Gasteiger partial charge in [-0.1, -0.05) is 0 Å². The minimum atomic E-state index is -2.53. The van der Waals surface area contributed by atoms with E-state index in [1.54, 1.807) is 0 Å². The van der Waals surface area contributed by atoms with Crippen LogP contribution in [-0.4, -0.2) is 0 Å². The van der Waals surface area contributed by atoms with Crippen molar-refractivity contribution in [2.75, 3.05) is 0 Å². The second-order valence-corrected chi connectivity index (χ2v) is 8.91. The molecule has 234 valence electrons. The monoisotopic (exact) mass is 672 g/mol. The SMILES string of the molecule is [C-]#[N+]c1c(F)c(F)c(C(C#N)=C2C(=C(\C#N)c3c(F)c(F)c(C#N)c(F)c3F)/C2=C(\C#N)c2c(F)c(F)c(C#N)c(F)c2F)c(F)c1F. The third kappa shape index (κ3) is 4.57. The lowest BCUT2D eigenvalue weighted by molar-refractivity contribution is 0.446. The molecule has 0 saturated heterocycles. The molecule has 0 aliphatic heterocycles. The summed E-state index contributed by atoms with van der Waals surface area (Å²) in [6.45, 7) is 6.71. The number of allylic oxidation sites excluding steroid dienone is 6. The van der Waals surface area contributed by atoms with Gasteiger partial charge in [0.05, 0.1) is 40.0 Å². The molecule has 0 bridgehead atoms. The van der Waals surface area contributed by atoms with Crippen LogP contribution in [0.1, 0.15) is 27.8 Å². The van der Waals surface area contributed by atoms with E-state index in [-0.39, 0.29) is 0 Å². The number of benzene rings is 3. The molecular weight excluding hydrogens is 672 g/mol. The Morgan fingerprint density at radius 1 is 0.396 bits per heavy atom. The topological polar surface area (TPSA) is 123 Å². The molecule has 0 spiro atoms. The summed E-state index contributed by atoms with van der Waals surface area (Å²) in [5, 5.41) is 47.1. The quantitative estimate of drug-likeness (QED) is 0.121. The van der Waals surface area contributed by atoms with Crippen molar-refractivity contribution in [1.29, 1.82) is 26.3 Å². The average molecular weight is 672 g/mol. The lowest BCUT2D eigenvalue weighted by Crippen LogP contribution is -2.06. The number of nitriles is 5. The van der Waals surface area contributed by atoms with Gasteiger partial charge in [0, 0.05) is 16.7 Å². The fourth-order valence-electron chi connectivity index (χ4n) is 4.48. The zero-order valence-corrected chi connectivity index (χ0v) is 22.2. The van der Waals surface area contributed by atoms with Crippen LogP contribution in [0.2, 0.25) is 0 Å². The molecule has 0 unspecified atom stereocenters. The van der Waals surface area contributed by atoms with Gasteiger partial charge in [0.15, 0.2) is 69.8 Å². The molecule has 1 fully saturated rings. The molecule has 0 atom stereocenters. The zero-order valence-electron chi connectivity index (χ0n) is 22.2. The van der Waals surface area contributed by atoms with E-state index in [1.807, 2.05) is 0 Å². The van der Waals surface area contributed by atoms with Crippen molar-refractivity contribution < 1.29 is 52.7 Å². The number of rotatable bonds is 3. The van der Waals surface area contributed by atoms with E-state index >= 15 is 26.3 Å². The second-order valence-electron chi connectivity index (χ2n) is 8.91. The Kier molecular flexibility index (Phi) is 8.51. The van der Waals surface area contributed by atoms with Crippen molar-refractivity contribution >= 4 is 22.4 Å². The normalized spacial score (nSPS) is 14.9. The summed E-state index contributed by atoms with van der Waals surface area (Å²) in [7, 11) is 0. The first-order valence-electron chi connectivity index (χ1n) is 11.8. The number of halogens is 12. The van der Waals surface area contributed by atoms with E-state index in [4.69, 9.17) is 17.1 Å². The van der Waals surface area contributed by atoms with Crippen LogP contribution in [0.25, 0.3) is 21.6 Å². The number of nitrogens with zero attached hydrogens (tertiary/aromatic N) is 6. The molecular formula is C30F12N6. The van der Waals surface area contributed by atoms with Gasteiger partial charge in [0.1, 0.15) is 41.5 Å². The Balaban J connectivity index is 2.38. The predicted molar refractivity (Wildman–Crippen MR) is 132 cm³/mol. The minimum Gasteiger partial charge on any atom is -0.232 e. The van der Waals surface area contributed by atoms with Gasteiger partial charge >= 0.3 is 0 Å². The third-order valence-electron chi connectivity index (χ3n) is 6.63. The molecule has 18 heteroatoms. The van der Waals surface area contributed by atoms with Crippen molar-refractivity contribution in [3.63, 3.8) is 0 Å². The molecule has 0 radical (unpaired) electrons. The molecule has 1 saturated carbocycles. The molecule has 1 aliphatic rings. The van der Waals surface area contributed by atoms with E-state index in [0.29, 0.717) is 0 Å². The Hall–Kier alpha value is -7.02. The first-order valence-corrected chi connectivity index (χ1v) is 11.8. The largest absolute Gasteiger partial charge is 0.262 e. The van der Waals surface area contributed by atoms with Crippen LogP contribution in [0.15, 0.2) is 16.7 Å². The maximum atomic E-state index is 15.0. The van der Waals surface area contributed by atoms with Crippen LogP contribution in [-0.2, 0) is 0 Å². The standard InChI is InChI=1S/C30F12N6/c1-48-30-28(41)26(39)17(27(40)29(30)42)9(4-45)14-12(7(2-43)15-22(35)18(31)10(5-46)19(32)23(15)36)13(14)8(3-44)16-24(37)20(33)11(6-47)21(34)25(16)38/b12-7-,13-8+,14-9?. The highest BCUT2D eigenvalue weighted by Gasteiger charge is 2.46. The van der Waals surface area contributed by atoms with E-state index in [2.05, 4.69) is 4.85 Å². The Bertz CT molecular complexity index is 2070. The van der Waals surface area contributed by atoms with Crippen molar-refractivity contribution in [2.24, 2.45) is 0 Å². The third-order valence-corrected chi connectivity index (χ3v) is 6.63. The summed E-state index contributed by atoms with van der Waals surface area (Å²) in [6.07, 6.45) is 0. The summed E-state index contributed by atoms with van der Waals surface area (Å²) >= 11 is 0. The van der Waals surface area contributed by atoms with E-state index in [9.17, 15) is 42.1 Å². The molecule has 1 aliphatic carbocycles. The van der Waals surface area contributed by atoms with Crippen LogP contribution in [0.4, 0.5) is 58.4 Å². The van der Waals surface area contributed by atoms with Crippen LogP contribution in [0.3, 0.4) is 0 Å². The molecule has 0 heterocycles. The molecule has 0 aromatic heterocycles. The first kappa shape index (κ1) is 33.9. The van der Waals surface area contributed by atoms with Crippen molar-refractivity contribution in [1.82, 2.24) is 0 Å². The van der Waals surface area contributed by atoms with Gasteiger partial charge < -0.3 is 0 Å². The van der Waals surface area contributed by atoms with Gasteiger partial charge in [-0.15, -0.1) is 0 Å². The van der Waals surface area contributed by atoms with E-state index in [1.165, 1.54) is 0 Å². The molecule has 6 nitrogen and oxygen atoms in total. The maximum Gasteiger partial charge on any atom is 0.262 e. The van der Waals surface area contributed by atoms with Gasteiger partial charge in [-0.2, -0.15) is 26.3 Å². The molecule has 0 N–H and O–H groups in total. The molecule has 4 rings (SSSR count). The Morgan fingerprint density at radius 3 is 0.812 bits per heavy atom. The Morgan fingerprint density at radius 2 is 0.625 bits per heavy atom. The van der Waals surface area contributed by atoms with Crippen LogP contribution in [0.5, 0.6) is 0 Å². The van der Waals surface area contributed by atoms with E-state index in [0.717, 1.165) is 30.3 Å². The lowest BCUT2D eigenvalue weighted by Gasteiger charge is -2.08. The predicted octanol–water partition coefficient (Wildman–Crippen LogP) is 7.90. The van der Waals surface area contributed by atoms with Crippen molar-refractivity contribution in [3.8, 4) is 30.3 Å². The average Bonchev–Trinajstić information content (AvgIpc) is 3.78. The van der Waals surface area contributed by atoms with Gasteiger partial charge in [0.2, 0.25) is 0 Å². The first-order chi connectivity index (χ1) is 22.6. The van der Waals surface area contributed by atoms with Crippen LogP contribution < -0.4 is 0 Å². The van der Waals surface area contributed by atoms with Crippen LogP contribution in [0, 0.1) is 133 Å². The van der Waals surface area contributed by atoms with E-state index < -0.39 is 137 Å². The summed E-state index contributed by atoms with van der Waals surface area (Å²) in [4.78, 5) is 2.23. The van der Waals surface area contributed by atoms with Crippen molar-refractivity contribution in [2.45, 2.75) is 0 Å². The molecule has 0 amide bonds. The molecule has 3 aromatic rings. The maximum absolute atomic E-state index is 15.0. The summed E-state index contributed by atoms with van der Waals surface area (Å²) < 4.78 is 177. The van der Waals surface area contributed by atoms with Gasteiger partial charge in [0.25, 0.3) is 5.69 Å². The fraction of sp³-hybridized carbons (Fsp3) is 0. The van der Waals surface area contributed by atoms with Crippen molar-refractivity contribution in [3.05, 3.63) is 126 Å². The second kappa shape index (κ2) is 12.1. The zero-order chi connectivity index (χ0) is 36.1. The number of hydrogen-bond acceptors (Lipinski definition) is 5. The molecule has 3 aromatic carbocycles. The summed E-state index contributed by atoms with van der Waals surface area (Å²) in [5.74, 6) is -29.8. The highest BCUT2D eigenvalue weighted by Crippen LogP contribution is 2.57. The number of hydrogen-bond donors (Lipinski definition) is 0. The van der Waals surface area contributed by atoms with Crippen LogP contribution >= 0.6 is 0 Å².